The quantitative estimate of drug-likeness (QED) is 0.672. The summed E-state index contributed by atoms with van der Waals surface area (Å²) in [5.74, 6) is -0.650. The van der Waals surface area contributed by atoms with Crippen LogP contribution in [0.1, 0.15) is 23.7 Å². The van der Waals surface area contributed by atoms with E-state index in [-0.39, 0.29) is 17.4 Å². The van der Waals surface area contributed by atoms with E-state index in [4.69, 9.17) is 12.2 Å². The standard InChI is InChI=1S/C17H19F2N3O2/c1-3-4-11(2)16(23)21-7-9-22(10-8-21)17(24)12-5-6-13(18)14(19)15(12)20/h1,5-6,11H,4,7-10,20H2,2H3/t11-/m0/s1. The topological polar surface area (TPSA) is 66.6 Å². The summed E-state index contributed by atoms with van der Waals surface area (Å²) in [5.41, 5.74) is 4.92. The number of halogens is 2. The summed E-state index contributed by atoms with van der Waals surface area (Å²) in [6.45, 7) is 3.09. The van der Waals surface area contributed by atoms with Crippen LogP contribution in [0.5, 0.6) is 0 Å². The van der Waals surface area contributed by atoms with Crippen molar-refractivity contribution in [2.24, 2.45) is 5.92 Å². The lowest BCUT2D eigenvalue weighted by Crippen LogP contribution is -2.51. The number of hydrogen-bond acceptors (Lipinski definition) is 3. The molecule has 1 aromatic carbocycles. The molecule has 0 unspecified atom stereocenters. The maximum atomic E-state index is 13.5. The van der Waals surface area contributed by atoms with E-state index in [1.807, 2.05) is 0 Å². The fourth-order valence-corrected chi connectivity index (χ4v) is 2.63. The van der Waals surface area contributed by atoms with Gasteiger partial charge in [0.2, 0.25) is 5.91 Å². The molecule has 24 heavy (non-hydrogen) atoms. The van der Waals surface area contributed by atoms with E-state index >= 15 is 0 Å². The van der Waals surface area contributed by atoms with Crippen molar-refractivity contribution in [2.75, 3.05) is 31.9 Å². The van der Waals surface area contributed by atoms with E-state index < -0.39 is 23.2 Å². The van der Waals surface area contributed by atoms with Crippen LogP contribution in [0.25, 0.3) is 0 Å². The molecule has 0 saturated carbocycles. The molecular formula is C17H19F2N3O2. The number of benzene rings is 1. The molecule has 0 spiro atoms. The van der Waals surface area contributed by atoms with Gasteiger partial charge in [-0.05, 0) is 12.1 Å². The minimum Gasteiger partial charge on any atom is -0.396 e. The highest BCUT2D eigenvalue weighted by atomic mass is 19.2. The van der Waals surface area contributed by atoms with Crippen molar-refractivity contribution >= 4 is 17.5 Å². The number of rotatable bonds is 3. The minimum absolute atomic E-state index is 0.0487. The van der Waals surface area contributed by atoms with Gasteiger partial charge in [-0.15, -0.1) is 12.3 Å². The Morgan fingerprint density at radius 3 is 2.42 bits per heavy atom. The third-order valence-electron chi connectivity index (χ3n) is 4.09. The zero-order valence-electron chi connectivity index (χ0n) is 13.4. The third-order valence-corrected chi connectivity index (χ3v) is 4.09. The Hall–Kier alpha value is -2.62. The first-order valence-corrected chi connectivity index (χ1v) is 7.61. The van der Waals surface area contributed by atoms with E-state index in [0.29, 0.717) is 32.6 Å². The molecule has 0 bridgehead atoms. The molecule has 0 radical (unpaired) electrons. The number of anilines is 1. The van der Waals surface area contributed by atoms with Crippen molar-refractivity contribution in [1.82, 2.24) is 9.80 Å². The van der Waals surface area contributed by atoms with Crippen LogP contribution < -0.4 is 5.73 Å². The summed E-state index contributed by atoms with van der Waals surface area (Å²) < 4.78 is 26.6. The Labute approximate surface area is 139 Å². The van der Waals surface area contributed by atoms with Crippen molar-refractivity contribution < 1.29 is 18.4 Å². The molecule has 1 saturated heterocycles. The lowest BCUT2D eigenvalue weighted by Gasteiger charge is -2.36. The summed E-state index contributed by atoms with van der Waals surface area (Å²) in [7, 11) is 0. The number of piperazine rings is 1. The first kappa shape index (κ1) is 17.7. The van der Waals surface area contributed by atoms with E-state index in [2.05, 4.69) is 5.92 Å². The van der Waals surface area contributed by atoms with Crippen molar-refractivity contribution in [3.05, 3.63) is 29.3 Å². The lowest BCUT2D eigenvalue weighted by molar-refractivity contribution is -0.136. The number of carbonyl (C=O) groups excluding carboxylic acids is 2. The molecule has 7 heteroatoms. The van der Waals surface area contributed by atoms with Gasteiger partial charge in [-0.25, -0.2) is 8.78 Å². The summed E-state index contributed by atoms with van der Waals surface area (Å²) in [6.07, 6.45) is 5.58. The van der Waals surface area contributed by atoms with Crippen molar-refractivity contribution in [3.63, 3.8) is 0 Å². The van der Waals surface area contributed by atoms with Gasteiger partial charge < -0.3 is 15.5 Å². The predicted molar refractivity (Wildman–Crippen MR) is 85.9 cm³/mol. The highest BCUT2D eigenvalue weighted by molar-refractivity contribution is 5.99. The molecule has 2 amide bonds. The number of nitrogens with two attached hydrogens (primary N) is 1. The molecule has 2 rings (SSSR count). The van der Waals surface area contributed by atoms with Gasteiger partial charge in [0.15, 0.2) is 11.6 Å². The van der Waals surface area contributed by atoms with Crippen LogP contribution in [0.3, 0.4) is 0 Å². The van der Waals surface area contributed by atoms with Gasteiger partial charge in [0.1, 0.15) is 0 Å². The van der Waals surface area contributed by atoms with Crippen molar-refractivity contribution in [2.45, 2.75) is 13.3 Å². The zero-order valence-corrected chi connectivity index (χ0v) is 13.4. The minimum atomic E-state index is -1.22. The third kappa shape index (κ3) is 3.48. The summed E-state index contributed by atoms with van der Waals surface area (Å²) in [4.78, 5) is 27.7. The summed E-state index contributed by atoms with van der Waals surface area (Å²) in [5, 5.41) is 0. The van der Waals surface area contributed by atoms with Crippen LogP contribution in [0.4, 0.5) is 14.5 Å². The molecule has 1 aliphatic heterocycles. The maximum absolute atomic E-state index is 13.5. The number of terminal acetylenes is 1. The molecule has 0 aliphatic carbocycles. The van der Waals surface area contributed by atoms with Crippen LogP contribution >= 0.6 is 0 Å². The molecule has 1 atom stereocenters. The second-order valence-electron chi connectivity index (χ2n) is 5.75. The first-order chi connectivity index (χ1) is 11.4. The number of nitrogens with zero attached hydrogens (tertiary/aromatic N) is 2. The summed E-state index contributed by atoms with van der Waals surface area (Å²) in [6, 6.07) is 2.04. The van der Waals surface area contributed by atoms with E-state index in [9.17, 15) is 18.4 Å². The molecule has 128 valence electrons. The Balaban J connectivity index is 2.02. The van der Waals surface area contributed by atoms with Crippen LogP contribution in [0, 0.1) is 29.9 Å². The number of hydrogen-bond donors (Lipinski definition) is 1. The molecule has 5 nitrogen and oxygen atoms in total. The van der Waals surface area contributed by atoms with Gasteiger partial charge in [-0.1, -0.05) is 6.92 Å². The molecule has 1 aromatic rings. The smallest absolute Gasteiger partial charge is 0.256 e. The van der Waals surface area contributed by atoms with Crippen molar-refractivity contribution in [1.29, 1.82) is 0 Å². The monoisotopic (exact) mass is 335 g/mol. The molecule has 1 fully saturated rings. The van der Waals surface area contributed by atoms with Gasteiger partial charge in [0.25, 0.3) is 5.91 Å². The fraction of sp³-hybridized carbons (Fsp3) is 0.412. The SMILES string of the molecule is C#CC[C@H](C)C(=O)N1CCN(C(=O)c2ccc(F)c(F)c2N)CC1. The normalized spacial score (nSPS) is 15.8. The number of amides is 2. The van der Waals surface area contributed by atoms with E-state index in [0.717, 1.165) is 6.07 Å². The number of nitrogen functional groups attached to an aromatic ring is 1. The van der Waals surface area contributed by atoms with Crippen LogP contribution in [0.15, 0.2) is 12.1 Å². The van der Waals surface area contributed by atoms with Gasteiger partial charge in [-0.2, -0.15) is 0 Å². The van der Waals surface area contributed by atoms with Crippen LogP contribution in [0.2, 0.25) is 0 Å². The molecule has 1 heterocycles. The second kappa shape index (κ2) is 7.30. The largest absolute Gasteiger partial charge is 0.396 e. The fourth-order valence-electron chi connectivity index (χ4n) is 2.63. The Kier molecular flexibility index (Phi) is 5.39. The van der Waals surface area contributed by atoms with Gasteiger partial charge in [-0.3, -0.25) is 9.59 Å². The molecular weight excluding hydrogens is 316 g/mol. The van der Waals surface area contributed by atoms with Crippen LogP contribution in [-0.4, -0.2) is 47.8 Å². The molecule has 0 aromatic heterocycles. The van der Waals surface area contributed by atoms with Gasteiger partial charge >= 0.3 is 0 Å². The van der Waals surface area contributed by atoms with Gasteiger partial charge in [0, 0.05) is 38.5 Å². The highest BCUT2D eigenvalue weighted by Gasteiger charge is 2.28. The van der Waals surface area contributed by atoms with Gasteiger partial charge in [0.05, 0.1) is 11.3 Å². The highest BCUT2D eigenvalue weighted by Crippen LogP contribution is 2.21. The maximum Gasteiger partial charge on any atom is 0.256 e. The van der Waals surface area contributed by atoms with Crippen molar-refractivity contribution in [3.8, 4) is 12.3 Å². The zero-order chi connectivity index (χ0) is 17.9. The van der Waals surface area contributed by atoms with Crippen LogP contribution in [-0.2, 0) is 4.79 Å². The lowest BCUT2D eigenvalue weighted by atomic mass is 10.1. The Morgan fingerprint density at radius 1 is 1.25 bits per heavy atom. The Morgan fingerprint density at radius 2 is 1.83 bits per heavy atom. The molecule has 1 aliphatic rings. The average molecular weight is 335 g/mol. The van der Waals surface area contributed by atoms with E-state index in [1.54, 1.807) is 11.8 Å². The molecule has 2 N–H and O–H groups in total. The average Bonchev–Trinajstić information content (AvgIpc) is 2.59. The first-order valence-electron chi connectivity index (χ1n) is 7.61. The predicted octanol–water partition coefficient (Wildman–Crippen LogP) is 1.49. The summed E-state index contributed by atoms with van der Waals surface area (Å²) >= 11 is 0. The second-order valence-corrected chi connectivity index (χ2v) is 5.75. The number of carbonyl (C=O) groups is 2. The van der Waals surface area contributed by atoms with E-state index in [1.165, 1.54) is 11.0 Å². The Bertz CT molecular complexity index is 692.